The van der Waals surface area contributed by atoms with Crippen molar-refractivity contribution < 1.29 is 91.6 Å². The van der Waals surface area contributed by atoms with Crippen LogP contribution >= 0.6 is 12.6 Å². The van der Waals surface area contributed by atoms with Crippen molar-refractivity contribution in [3.05, 3.63) is 129 Å². The van der Waals surface area contributed by atoms with Crippen molar-refractivity contribution in [3.63, 3.8) is 0 Å². The highest BCUT2D eigenvalue weighted by Crippen LogP contribution is 2.53. The third kappa shape index (κ3) is 13.0. The van der Waals surface area contributed by atoms with Gasteiger partial charge in [-0.05, 0) is 88.1 Å². The van der Waals surface area contributed by atoms with Gasteiger partial charge in [0, 0.05) is 104 Å². The van der Waals surface area contributed by atoms with Gasteiger partial charge in [0.2, 0.25) is 17.5 Å². The molecule has 24 nitrogen and oxygen atoms in total. The number of H-pyrrole nitrogens is 1. The highest BCUT2D eigenvalue weighted by molar-refractivity contribution is 7.81. The number of aromatic hydroxyl groups is 2. The Bertz CT molecular complexity index is 3840. The predicted molar refractivity (Wildman–Crippen MR) is 329 cm³/mol. The Morgan fingerprint density at radius 2 is 1.59 bits per heavy atom. The molecule has 25 heteroatoms. The maximum absolute atomic E-state index is 14.1. The number of fused-ring (bicyclic) bond motifs is 4. The molecule has 4 heterocycles. The Morgan fingerprint density at radius 3 is 2.29 bits per heavy atom. The molecule has 4 aliphatic rings. The molecule has 0 bridgehead atoms. The second kappa shape index (κ2) is 26.4. The molecule has 482 valence electrons. The number of hydrogen-bond acceptors (Lipinski definition) is 21. The number of Topliss-reactive ketones (excluding diaryl/α,β-unsaturated/α-hetero) is 2. The van der Waals surface area contributed by atoms with Crippen LogP contribution in [0.2, 0.25) is 0 Å². The summed E-state index contributed by atoms with van der Waals surface area (Å²) in [5.41, 5.74) is 3.49. The van der Waals surface area contributed by atoms with Crippen molar-refractivity contribution in [1.29, 1.82) is 0 Å². The quantitative estimate of drug-likeness (QED) is 0.00944. The number of amides is 3. The number of esters is 1. The van der Waals surface area contributed by atoms with Crippen molar-refractivity contribution in [2.24, 2.45) is 5.73 Å². The summed E-state index contributed by atoms with van der Waals surface area (Å²) in [5, 5.41) is 49.8. The summed E-state index contributed by atoms with van der Waals surface area (Å²) < 4.78 is 40.3. The number of methoxy groups -OCH3 is 2. The number of ketones is 4. The molecule has 2 fully saturated rings. The summed E-state index contributed by atoms with van der Waals surface area (Å²) in [6.45, 7) is 6.84. The molecule has 3 amide bonds. The molecule has 2 aliphatic carbocycles. The number of nitrogens with two attached hydrogens (primary N) is 1. The maximum atomic E-state index is 14.1. The van der Waals surface area contributed by atoms with Gasteiger partial charge in [0.05, 0.1) is 78.6 Å². The van der Waals surface area contributed by atoms with E-state index in [1.54, 1.807) is 80.5 Å². The van der Waals surface area contributed by atoms with Gasteiger partial charge in [-0.25, -0.2) is 0 Å². The van der Waals surface area contributed by atoms with E-state index >= 15 is 0 Å². The third-order valence-corrected chi connectivity index (χ3v) is 18.2. The number of nitrogens with one attached hydrogen (secondary N) is 2. The molecule has 0 spiro atoms. The number of aromatic amines is 1. The third-order valence-electron chi connectivity index (χ3n) is 17.5. The number of phenolic OH excluding ortho intramolecular Hbond substituents is 2. The molecule has 8 N–H and O–H groups in total. The van der Waals surface area contributed by atoms with Crippen LogP contribution in [0.4, 0.5) is 0 Å². The number of nitrogens with zero attached hydrogens (tertiary/aromatic N) is 2. The van der Waals surface area contributed by atoms with Crippen LogP contribution in [0.5, 0.6) is 23.0 Å². The van der Waals surface area contributed by atoms with Crippen LogP contribution in [0.15, 0.2) is 83.6 Å². The van der Waals surface area contributed by atoms with Gasteiger partial charge >= 0.3 is 5.97 Å². The molecule has 6 aromatic rings. The first kappa shape index (κ1) is 65.5. The number of carbonyl (C=O) groups is 8. The number of aliphatic hydroxyl groups excluding tert-OH is 1. The summed E-state index contributed by atoms with van der Waals surface area (Å²) in [6, 6.07) is 17.5. The fraction of sp³-hybridized carbons (Fsp3) is 0.424. The first-order chi connectivity index (χ1) is 43.3. The monoisotopic (exact) mass is 1270 g/mol. The molecule has 0 radical (unpaired) electrons. The standard InChI is InChI=1S/C66H73N5O19S/c1-7-66(91,36-13-8-12-35(28-36)62(81)70-22-24-71(25-23-70)63(82)59(78)40-32-68-55-37(42-16-11-26-86-42)19-20-44(85-6)50(40)55)88-27-21-64(3,4)69-47(73)17-10-18-48(74)87-33-46(72)65(83)30-39-52(45(31-65)90-49-29-41(67)56(75)34(2)89-49)61(80)54-53(58(39)77)57(76)38-14-9-15-43(84-5)51(38)60(54)79/h8-9,11-16,19-20,26,28,32,34,41,45,49,56,68,75,77,80,83,91H,7,10,17-18,21-25,27,29-31,33,67H2,1-6H3,(H,69,73)/t34-,41-,45-,49-,56+,65-,66?/m0/s1. The zero-order valence-corrected chi connectivity index (χ0v) is 52.0. The van der Waals surface area contributed by atoms with Crippen molar-refractivity contribution >= 4 is 70.4 Å². The van der Waals surface area contributed by atoms with Crippen LogP contribution < -0.4 is 20.5 Å². The fourth-order valence-corrected chi connectivity index (χ4v) is 12.6. The fourth-order valence-electron chi connectivity index (χ4n) is 12.4. The van der Waals surface area contributed by atoms with E-state index in [4.69, 9.17) is 51.2 Å². The molecule has 91 heavy (non-hydrogen) atoms. The van der Waals surface area contributed by atoms with Crippen LogP contribution in [0.25, 0.3) is 22.2 Å². The average molecular weight is 1270 g/mol. The zero-order chi connectivity index (χ0) is 65.4. The Balaban J connectivity index is 0.699. The van der Waals surface area contributed by atoms with Gasteiger partial charge < -0.3 is 79.1 Å². The molecular formula is C66H73N5O19S. The van der Waals surface area contributed by atoms with Crippen molar-refractivity contribution in [1.82, 2.24) is 20.1 Å². The minimum atomic E-state index is -2.46. The minimum Gasteiger partial charge on any atom is -0.507 e. The molecule has 2 aromatic heterocycles. The molecule has 4 aromatic carbocycles. The lowest BCUT2D eigenvalue weighted by atomic mass is 9.72. The summed E-state index contributed by atoms with van der Waals surface area (Å²) >= 11 is 4.94. The number of piperazine rings is 1. The highest BCUT2D eigenvalue weighted by atomic mass is 32.1. The molecular weight excluding hydrogens is 1200 g/mol. The van der Waals surface area contributed by atoms with Crippen LogP contribution in [0.1, 0.15) is 148 Å². The van der Waals surface area contributed by atoms with E-state index in [2.05, 4.69) is 10.3 Å². The molecule has 10 rings (SSSR count). The number of rotatable bonds is 22. The number of ether oxygens (including phenoxy) is 6. The van der Waals surface area contributed by atoms with E-state index in [-0.39, 0.29) is 104 Å². The molecule has 2 aliphatic heterocycles. The molecule has 0 saturated carbocycles. The van der Waals surface area contributed by atoms with Crippen LogP contribution in [0.3, 0.4) is 0 Å². The number of hydrogen-bond donors (Lipinski definition) is 8. The van der Waals surface area contributed by atoms with Gasteiger partial charge in [-0.2, -0.15) is 0 Å². The zero-order valence-electron chi connectivity index (χ0n) is 51.1. The Kier molecular flexibility index (Phi) is 19.0. The van der Waals surface area contributed by atoms with E-state index in [0.717, 1.165) is 0 Å². The van der Waals surface area contributed by atoms with E-state index in [0.29, 0.717) is 51.9 Å². The largest absolute Gasteiger partial charge is 0.507 e. The summed E-state index contributed by atoms with van der Waals surface area (Å²) in [7, 11) is 2.78. The van der Waals surface area contributed by atoms with E-state index in [9.17, 15) is 58.8 Å². The Labute approximate surface area is 528 Å². The number of furan rings is 1. The van der Waals surface area contributed by atoms with Crippen LogP contribution in [-0.4, -0.2) is 171 Å². The van der Waals surface area contributed by atoms with Gasteiger partial charge in [-0.1, -0.05) is 31.2 Å². The number of aromatic nitrogens is 1. The number of thiol groups is 1. The second-order valence-electron chi connectivity index (χ2n) is 23.9. The summed E-state index contributed by atoms with van der Waals surface area (Å²) in [5.74, 6) is -6.16. The second-order valence-corrected chi connectivity index (χ2v) is 24.6. The van der Waals surface area contributed by atoms with Gasteiger partial charge in [0.25, 0.3) is 17.6 Å². The maximum Gasteiger partial charge on any atom is 0.306 e. The average Bonchev–Trinajstić information content (AvgIpc) is 0.945. The summed E-state index contributed by atoms with van der Waals surface area (Å²) in [6.07, 6.45) is -2.60. The number of aliphatic hydroxyl groups is 2. The van der Waals surface area contributed by atoms with Crippen molar-refractivity contribution in [2.75, 3.05) is 53.6 Å². The topological polar surface area (TPSA) is 346 Å². The van der Waals surface area contributed by atoms with E-state index in [1.807, 2.05) is 6.92 Å². The van der Waals surface area contributed by atoms with Crippen molar-refractivity contribution in [3.8, 4) is 34.3 Å². The number of phenols is 2. The SMILES string of the molecule is CCC(S)(OCCC(C)(C)NC(=O)CCCC(=O)OCC(=O)[C@]1(O)Cc2c(O)c3c(c(O)c2[C@@H](O[C@H]2C[C@H](N)[C@H](O)[C@H](C)O2)C1)C(=O)c1c(OC)cccc1C3=O)c1cccc(C(=O)N2CCN(C(=O)C(=O)c3c[nH]c4c(-c5ccco5)ccc(OC)c34)CC2)c1. The van der Waals surface area contributed by atoms with Crippen molar-refractivity contribution in [2.45, 2.75) is 126 Å². The lowest BCUT2D eigenvalue weighted by Crippen LogP contribution is -2.53. The van der Waals surface area contributed by atoms with Gasteiger partial charge in [-0.3, -0.25) is 38.4 Å². The van der Waals surface area contributed by atoms with E-state index < -0.39 is 124 Å². The Hall–Kier alpha value is -8.43. The van der Waals surface area contributed by atoms with Gasteiger partial charge in [0.15, 0.2) is 18.7 Å². The lowest BCUT2D eigenvalue weighted by molar-refractivity contribution is -0.247. The van der Waals surface area contributed by atoms with Gasteiger partial charge in [0.1, 0.15) is 39.3 Å². The number of benzene rings is 4. The highest BCUT2D eigenvalue weighted by Gasteiger charge is 2.51. The van der Waals surface area contributed by atoms with Gasteiger partial charge in [-0.15, -0.1) is 12.6 Å². The summed E-state index contributed by atoms with van der Waals surface area (Å²) in [4.78, 5) is 115. The molecule has 7 atom stereocenters. The lowest BCUT2D eigenvalue weighted by Gasteiger charge is -2.42. The Morgan fingerprint density at radius 1 is 0.879 bits per heavy atom. The minimum absolute atomic E-state index is 0.0183. The predicted octanol–water partition coefficient (Wildman–Crippen LogP) is 6.13. The number of carbonyl (C=O) groups excluding carboxylic acids is 8. The van der Waals surface area contributed by atoms with E-state index in [1.165, 1.54) is 43.5 Å². The first-order valence-corrected chi connectivity index (χ1v) is 30.4. The van der Waals surface area contributed by atoms with Crippen LogP contribution in [0, 0.1) is 0 Å². The first-order valence-electron chi connectivity index (χ1n) is 30.0. The van der Waals surface area contributed by atoms with Crippen LogP contribution in [-0.2, 0) is 49.5 Å². The molecule has 1 unspecified atom stereocenters. The molecule has 2 saturated heterocycles. The smallest absolute Gasteiger partial charge is 0.306 e. The normalized spacial score (nSPS) is 21.3.